The minimum Gasteiger partial charge on any atom is -0.398 e. The molecular formula is C22H21NO. The number of benzene rings is 3. The molecule has 2 heteroatoms. The normalized spacial score (nSPS) is 10.5. The van der Waals surface area contributed by atoms with Gasteiger partial charge < -0.3 is 5.73 Å². The molecule has 120 valence electrons. The molecule has 3 aromatic rings. The van der Waals surface area contributed by atoms with Crippen molar-refractivity contribution in [1.82, 2.24) is 0 Å². The molecule has 0 fully saturated rings. The predicted octanol–water partition coefficient (Wildman–Crippen LogP) is 5.14. The van der Waals surface area contributed by atoms with E-state index in [0.29, 0.717) is 17.7 Å². The Morgan fingerprint density at radius 2 is 1.46 bits per heavy atom. The lowest BCUT2D eigenvalue weighted by molar-refractivity contribution is 0.0981. The summed E-state index contributed by atoms with van der Waals surface area (Å²) in [6.07, 6.45) is 2.25. The molecule has 2 nitrogen and oxygen atoms in total. The van der Waals surface area contributed by atoms with E-state index in [9.17, 15) is 4.79 Å². The number of hydrogen-bond donors (Lipinski definition) is 1. The van der Waals surface area contributed by atoms with Crippen LogP contribution in [0.25, 0.3) is 11.1 Å². The van der Waals surface area contributed by atoms with Gasteiger partial charge >= 0.3 is 0 Å². The van der Waals surface area contributed by atoms with E-state index < -0.39 is 0 Å². The molecule has 0 atom stereocenters. The van der Waals surface area contributed by atoms with Crippen LogP contribution in [0.3, 0.4) is 0 Å². The molecule has 0 heterocycles. The van der Waals surface area contributed by atoms with E-state index in [1.165, 1.54) is 5.56 Å². The summed E-state index contributed by atoms with van der Waals surface area (Å²) in [4.78, 5) is 12.6. The van der Waals surface area contributed by atoms with Crippen molar-refractivity contribution in [3.63, 3.8) is 0 Å². The van der Waals surface area contributed by atoms with E-state index in [4.69, 9.17) is 5.73 Å². The third kappa shape index (κ3) is 3.90. The summed E-state index contributed by atoms with van der Waals surface area (Å²) in [6, 6.07) is 26.0. The average Bonchev–Trinajstić information content (AvgIpc) is 2.63. The van der Waals surface area contributed by atoms with Crippen molar-refractivity contribution in [3.8, 4) is 11.1 Å². The van der Waals surface area contributed by atoms with Crippen molar-refractivity contribution in [2.45, 2.75) is 19.3 Å². The van der Waals surface area contributed by atoms with Gasteiger partial charge in [-0.05, 0) is 41.7 Å². The van der Waals surface area contributed by atoms with Crippen molar-refractivity contribution >= 4 is 11.5 Å². The maximum Gasteiger partial charge on any atom is 0.164 e. The lowest BCUT2D eigenvalue weighted by Gasteiger charge is -2.09. The summed E-state index contributed by atoms with van der Waals surface area (Å²) in [6.45, 7) is 0. The predicted molar refractivity (Wildman–Crippen MR) is 100 cm³/mol. The van der Waals surface area contributed by atoms with Crippen LogP contribution in [-0.2, 0) is 6.42 Å². The molecule has 0 radical (unpaired) electrons. The highest BCUT2D eigenvalue weighted by molar-refractivity contribution is 6.01. The maximum atomic E-state index is 12.6. The SMILES string of the molecule is Nc1ccc(-c2ccccc2)cc1C(=O)CCCc1ccccc1. The highest BCUT2D eigenvalue weighted by Gasteiger charge is 2.11. The van der Waals surface area contributed by atoms with Crippen molar-refractivity contribution < 1.29 is 4.79 Å². The van der Waals surface area contributed by atoms with Crippen molar-refractivity contribution in [1.29, 1.82) is 0 Å². The minimum absolute atomic E-state index is 0.112. The summed E-state index contributed by atoms with van der Waals surface area (Å²) in [5.74, 6) is 0.112. The third-order valence-corrected chi connectivity index (χ3v) is 4.17. The molecule has 0 bridgehead atoms. The fourth-order valence-electron chi connectivity index (χ4n) is 2.84. The average molecular weight is 315 g/mol. The van der Waals surface area contributed by atoms with Gasteiger partial charge in [-0.3, -0.25) is 4.79 Å². The second kappa shape index (κ2) is 7.60. The fraction of sp³-hybridized carbons (Fsp3) is 0.136. The Morgan fingerprint density at radius 1 is 0.792 bits per heavy atom. The molecule has 3 rings (SSSR count). The molecule has 0 aliphatic heterocycles. The number of nitrogen functional groups attached to an aromatic ring is 1. The van der Waals surface area contributed by atoms with Gasteiger partial charge in [0.05, 0.1) is 0 Å². The van der Waals surface area contributed by atoms with E-state index in [1.807, 2.05) is 66.7 Å². The summed E-state index contributed by atoms with van der Waals surface area (Å²) in [5, 5.41) is 0. The summed E-state index contributed by atoms with van der Waals surface area (Å²) < 4.78 is 0. The topological polar surface area (TPSA) is 43.1 Å². The number of carbonyl (C=O) groups excluding carboxylic acids is 1. The molecule has 0 saturated heterocycles. The number of aryl methyl sites for hydroxylation is 1. The largest absolute Gasteiger partial charge is 0.398 e. The standard InChI is InChI=1S/C22H21NO/c23-21-15-14-19(18-11-5-2-6-12-18)16-20(21)22(24)13-7-10-17-8-3-1-4-9-17/h1-6,8-9,11-12,14-16H,7,10,13,23H2. The molecule has 2 N–H and O–H groups in total. The third-order valence-electron chi connectivity index (χ3n) is 4.17. The Hall–Kier alpha value is -2.87. The second-order valence-corrected chi connectivity index (χ2v) is 5.93. The molecule has 0 aromatic heterocycles. The smallest absolute Gasteiger partial charge is 0.164 e. The molecule has 0 aliphatic rings. The van der Waals surface area contributed by atoms with Crippen LogP contribution in [0.1, 0.15) is 28.8 Å². The first-order chi connectivity index (χ1) is 11.7. The van der Waals surface area contributed by atoms with Crippen molar-refractivity contribution in [3.05, 3.63) is 90.0 Å². The van der Waals surface area contributed by atoms with Crippen LogP contribution in [0.5, 0.6) is 0 Å². The van der Waals surface area contributed by atoms with Crippen LogP contribution in [0, 0.1) is 0 Å². The lowest BCUT2D eigenvalue weighted by atomic mass is 9.97. The van der Waals surface area contributed by atoms with E-state index in [2.05, 4.69) is 12.1 Å². The highest BCUT2D eigenvalue weighted by atomic mass is 16.1. The Bertz CT molecular complexity index is 810. The van der Waals surface area contributed by atoms with E-state index >= 15 is 0 Å². The Balaban J connectivity index is 1.70. The fourth-order valence-corrected chi connectivity index (χ4v) is 2.84. The molecule has 0 spiro atoms. The molecule has 0 unspecified atom stereocenters. The van der Waals surface area contributed by atoms with E-state index in [1.54, 1.807) is 0 Å². The van der Waals surface area contributed by atoms with Gasteiger partial charge in [-0.1, -0.05) is 66.7 Å². The van der Waals surface area contributed by atoms with Gasteiger partial charge in [0.25, 0.3) is 0 Å². The maximum absolute atomic E-state index is 12.6. The van der Waals surface area contributed by atoms with Gasteiger partial charge in [0.15, 0.2) is 5.78 Å². The molecule has 0 amide bonds. The van der Waals surface area contributed by atoms with Crippen molar-refractivity contribution in [2.75, 3.05) is 5.73 Å². The minimum atomic E-state index is 0.112. The van der Waals surface area contributed by atoms with Crippen LogP contribution in [-0.4, -0.2) is 5.78 Å². The van der Waals surface area contributed by atoms with Crippen LogP contribution < -0.4 is 5.73 Å². The highest BCUT2D eigenvalue weighted by Crippen LogP contribution is 2.25. The molecule has 3 aromatic carbocycles. The van der Waals surface area contributed by atoms with Crippen LogP contribution in [0.15, 0.2) is 78.9 Å². The first-order valence-electron chi connectivity index (χ1n) is 8.26. The Labute approximate surface area is 143 Å². The lowest BCUT2D eigenvalue weighted by Crippen LogP contribution is -2.04. The van der Waals surface area contributed by atoms with Gasteiger partial charge in [0.2, 0.25) is 0 Å². The van der Waals surface area contributed by atoms with Gasteiger partial charge in [-0.15, -0.1) is 0 Å². The van der Waals surface area contributed by atoms with Crippen LogP contribution in [0.4, 0.5) is 5.69 Å². The Morgan fingerprint density at radius 3 is 2.17 bits per heavy atom. The van der Waals surface area contributed by atoms with Gasteiger partial charge in [-0.2, -0.15) is 0 Å². The van der Waals surface area contributed by atoms with Gasteiger partial charge in [0, 0.05) is 17.7 Å². The zero-order valence-corrected chi connectivity index (χ0v) is 13.6. The summed E-state index contributed by atoms with van der Waals surface area (Å²) in [7, 11) is 0. The number of carbonyl (C=O) groups is 1. The van der Waals surface area contributed by atoms with Gasteiger partial charge in [0.1, 0.15) is 0 Å². The first-order valence-corrected chi connectivity index (χ1v) is 8.26. The Kier molecular flexibility index (Phi) is 5.07. The number of nitrogens with two attached hydrogens (primary N) is 1. The number of ketones is 1. The zero-order valence-electron chi connectivity index (χ0n) is 13.6. The van der Waals surface area contributed by atoms with Gasteiger partial charge in [-0.25, -0.2) is 0 Å². The first kappa shape index (κ1) is 16.0. The number of hydrogen-bond acceptors (Lipinski definition) is 2. The molecule has 24 heavy (non-hydrogen) atoms. The molecular weight excluding hydrogens is 294 g/mol. The molecule has 0 aliphatic carbocycles. The monoisotopic (exact) mass is 315 g/mol. The quantitative estimate of drug-likeness (QED) is 0.505. The summed E-state index contributed by atoms with van der Waals surface area (Å²) >= 11 is 0. The zero-order chi connectivity index (χ0) is 16.8. The van der Waals surface area contributed by atoms with Crippen LogP contribution in [0.2, 0.25) is 0 Å². The van der Waals surface area contributed by atoms with Crippen molar-refractivity contribution in [2.24, 2.45) is 0 Å². The van der Waals surface area contributed by atoms with Crippen LogP contribution >= 0.6 is 0 Å². The number of anilines is 1. The number of rotatable bonds is 6. The van der Waals surface area contributed by atoms with E-state index in [-0.39, 0.29) is 5.78 Å². The second-order valence-electron chi connectivity index (χ2n) is 5.93. The number of Topliss-reactive ketones (excluding diaryl/α,β-unsaturated/α-hetero) is 1. The summed E-state index contributed by atoms with van der Waals surface area (Å²) in [5.41, 5.74) is 10.6. The molecule has 0 saturated carbocycles. The van der Waals surface area contributed by atoms with E-state index in [0.717, 1.165) is 24.0 Å².